The van der Waals surface area contributed by atoms with Crippen molar-refractivity contribution in [2.45, 2.75) is 5.01 Å². The van der Waals surface area contributed by atoms with Gasteiger partial charge in [-0.1, -0.05) is 12.1 Å². The third-order valence-corrected chi connectivity index (χ3v) is 1.71. The van der Waals surface area contributed by atoms with Gasteiger partial charge in [0.15, 0.2) is 11.5 Å². The Bertz CT molecular complexity index is 262. The van der Waals surface area contributed by atoms with Crippen molar-refractivity contribution in [3.63, 3.8) is 0 Å². The average molecular weight is 213 g/mol. The van der Waals surface area contributed by atoms with Crippen LogP contribution < -0.4 is 9.47 Å². The zero-order chi connectivity index (χ0) is 7.68. The minimum atomic E-state index is -0.266. The largest absolute Gasteiger partial charge is 0.471 e. The topological polar surface area (TPSA) is 18.5 Å². The Morgan fingerprint density at radius 1 is 1.27 bits per heavy atom. The zero-order valence-electron chi connectivity index (χ0n) is 5.58. The molecule has 1 aliphatic heterocycles. The summed E-state index contributed by atoms with van der Waals surface area (Å²) >= 11 is 3.20. The van der Waals surface area contributed by atoms with E-state index in [9.17, 15) is 0 Å². The summed E-state index contributed by atoms with van der Waals surface area (Å²) in [4.78, 5) is 0. The molecular weight excluding hydrogens is 208 g/mol. The zero-order valence-corrected chi connectivity index (χ0v) is 7.17. The molecule has 0 bridgehead atoms. The lowest BCUT2D eigenvalue weighted by Crippen LogP contribution is -2.17. The molecule has 0 aliphatic carbocycles. The van der Waals surface area contributed by atoms with Crippen molar-refractivity contribution in [1.29, 1.82) is 0 Å². The Morgan fingerprint density at radius 3 is 2.82 bits per heavy atom. The van der Waals surface area contributed by atoms with Gasteiger partial charge in [0.1, 0.15) is 0 Å². The van der Waals surface area contributed by atoms with Crippen LogP contribution in [0.25, 0.3) is 0 Å². The van der Waals surface area contributed by atoms with E-state index in [0.717, 1.165) is 5.75 Å². The second-order valence-electron chi connectivity index (χ2n) is 2.10. The number of hydrogen-bond acceptors (Lipinski definition) is 2. The second-order valence-corrected chi connectivity index (χ2v) is 2.93. The Kier molecular flexibility index (Phi) is 1.74. The van der Waals surface area contributed by atoms with Gasteiger partial charge in [-0.3, -0.25) is 0 Å². The highest BCUT2D eigenvalue weighted by Gasteiger charge is 2.18. The minimum absolute atomic E-state index is 0.266. The molecule has 56 valence electrons. The van der Waals surface area contributed by atoms with E-state index in [1.165, 1.54) is 0 Å². The molecule has 1 aromatic rings. The smallest absolute Gasteiger partial charge is 0.252 e. The summed E-state index contributed by atoms with van der Waals surface area (Å²) in [6.45, 7) is 2.63. The van der Waals surface area contributed by atoms with E-state index in [1.807, 2.05) is 24.3 Å². The summed E-state index contributed by atoms with van der Waals surface area (Å²) in [6.07, 6.45) is 0. The maximum absolute atomic E-state index is 5.31. The fraction of sp³-hybridized carbons (Fsp3) is 0.125. The first-order valence-electron chi connectivity index (χ1n) is 3.18. The van der Waals surface area contributed by atoms with E-state index in [4.69, 9.17) is 9.47 Å². The van der Waals surface area contributed by atoms with E-state index < -0.39 is 0 Å². The van der Waals surface area contributed by atoms with Gasteiger partial charge in [-0.15, -0.1) is 0 Å². The third-order valence-electron chi connectivity index (χ3n) is 1.34. The molecule has 0 aromatic heterocycles. The number of para-hydroxylation sites is 2. The van der Waals surface area contributed by atoms with Gasteiger partial charge >= 0.3 is 0 Å². The van der Waals surface area contributed by atoms with Crippen LogP contribution in [0.5, 0.6) is 11.5 Å². The molecule has 1 heterocycles. The second kappa shape index (κ2) is 2.74. The van der Waals surface area contributed by atoms with Crippen LogP contribution in [0.15, 0.2) is 24.3 Å². The van der Waals surface area contributed by atoms with Crippen LogP contribution in [-0.4, -0.2) is 5.01 Å². The summed E-state index contributed by atoms with van der Waals surface area (Å²) < 4.78 is 10.4. The van der Waals surface area contributed by atoms with Gasteiger partial charge in [-0.05, 0) is 28.1 Å². The van der Waals surface area contributed by atoms with E-state index in [2.05, 4.69) is 22.5 Å². The highest BCUT2D eigenvalue weighted by Crippen LogP contribution is 2.33. The van der Waals surface area contributed by atoms with Crippen LogP contribution in [0.2, 0.25) is 0 Å². The van der Waals surface area contributed by atoms with Crippen molar-refractivity contribution in [3.05, 3.63) is 30.9 Å². The van der Waals surface area contributed by atoms with Crippen molar-refractivity contribution < 1.29 is 9.47 Å². The molecule has 0 N–H and O–H groups in total. The quantitative estimate of drug-likeness (QED) is 0.615. The van der Waals surface area contributed by atoms with E-state index in [0.29, 0.717) is 5.75 Å². The van der Waals surface area contributed by atoms with Gasteiger partial charge in [0.2, 0.25) is 5.01 Å². The van der Waals surface area contributed by atoms with Crippen LogP contribution in [0, 0.1) is 6.61 Å². The highest BCUT2D eigenvalue weighted by molar-refractivity contribution is 9.09. The van der Waals surface area contributed by atoms with Gasteiger partial charge in [0.05, 0.1) is 0 Å². The number of alkyl halides is 1. The molecular formula is C8H5BrO2. The fourth-order valence-electron chi connectivity index (χ4n) is 0.877. The predicted octanol–water partition coefficient (Wildman–Crippen LogP) is 2.22. The summed E-state index contributed by atoms with van der Waals surface area (Å²) in [7, 11) is 0. The molecule has 3 heteroatoms. The van der Waals surface area contributed by atoms with E-state index in [1.54, 1.807) is 0 Å². The molecule has 1 unspecified atom stereocenters. The highest BCUT2D eigenvalue weighted by atomic mass is 79.9. The lowest BCUT2D eigenvalue weighted by atomic mass is 10.3. The maximum atomic E-state index is 5.31. The van der Waals surface area contributed by atoms with E-state index >= 15 is 0 Å². The number of rotatable bonds is 0. The van der Waals surface area contributed by atoms with Crippen molar-refractivity contribution >= 4 is 15.9 Å². The lowest BCUT2D eigenvalue weighted by molar-refractivity contribution is 0.204. The Morgan fingerprint density at radius 2 is 2.00 bits per heavy atom. The van der Waals surface area contributed by atoms with Gasteiger partial charge in [0.25, 0.3) is 6.61 Å². The van der Waals surface area contributed by atoms with Crippen molar-refractivity contribution in [1.82, 2.24) is 0 Å². The van der Waals surface area contributed by atoms with Gasteiger partial charge < -0.3 is 9.47 Å². The number of halogens is 1. The van der Waals surface area contributed by atoms with Gasteiger partial charge in [-0.2, -0.15) is 0 Å². The maximum Gasteiger partial charge on any atom is 0.252 e. The summed E-state index contributed by atoms with van der Waals surface area (Å²) in [5, 5.41) is -0.266. The first-order valence-corrected chi connectivity index (χ1v) is 4.10. The Hall–Kier alpha value is -0.700. The van der Waals surface area contributed by atoms with Gasteiger partial charge in [-0.25, -0.2) is 0 Å². The van der Waals surface area contributed by atoms with Crippen molar-refractivity contribution in [3.8, 4) is 11.5 Å². The van der Waals surface area contributed by atoms with Crippen LogP contribution in [-0.2, 0) is 0 Å². The molecule has 2 nitrogen and oxygen atoms in total. The summed E-state index contributed by atoms with van der Waals surface area (Å²) in [6, 6.07) is 7.47. The molecule has 11 heavy (non-hydrogen) atoms. The van der Waals surface area contributed by atoms with Crippen LogP contribution in [0.3, 0.4) is 0 Å². The Balaban J connectivity index is 2.34. The number of fused-ring (bicyclic) bond motifs is 1. The monoisotopic (exact) mass is 212 g/mol. The van der Waals surface area contributed by atoms with Gasteiger partial charge in [0, 0.05) is 0 Å². The van der Waals surface area contributed by atoms with Crippen molar-refractivity contribution in [2.75, 3.05) is 0 Å². The number of benzene rings is 1. The van der Waals surface area contributed by atoms with E-state index in [-0.39, 0.29) is 5.01 Å². The molecule has 1 aromatic carbocycles. The molecule has 0 fully saturated rings. The lowest BCUT2D eigenvalue weighted by Gasteiger charge is -2.20. The summed E-state index contributed by atoms with van der Waals surface area (Å²) in [5.41, 5.74) is 0. The fourth-order valence-corrected chi connectivity index (χ4v) is 1.17. The predicted molar refractivity (Wildman–Crippen MR) is 43.7 cm³/mol. The number of ether oxygens (including phenoxy) is 2. The molecule has 2 radical (unpaired) electrons. The Labute approximate surface area is 73.3 Å². The summed E-state index contributed by atoms with van der Waals surface area (Å²) in [5.74, 6) is 1.45. The average Bonchev–Trinajstić information content (AvgIpc) is 2.04. The molecule has 0 spiro atoms. The minimum Gasteiger partial charge on any atom is -0.471 e. The standard InChI is InChI=1S/C8H5BrO2/c9-8-5-10-6-3-1-2-4-7(6)11-8/h1-4,8H. The molecule has 2 rings (SSSR count). The molecule has 0 saturated carbocycles. The SMILES string of the molecule is BrC1[C]Oc2ccccc2O1. The molecule has 1 atom stereocenters. The van der Waals surface area contributed by atoms with Crippen molar-refractivity contribution in [2.24, 2.45) is 0 Å². The first kappa shape index (κ1) is 6.98. The number of hydrogen-bond donors (Lipinski definition) is 0. The molecule has 1 aliphatic rings. The third kappa shape index (κ3) is 1.33. The molecule has 0 saturated heterocycles. The van der Waals surface area contributed by atoms with Crippen LogP contribution in [0.4, 0.5) is 0 Å². The van der Waals surface area contributed by atoms with Crippen LogP contribution in [0.1, 0.15) is 0 Å². The van der Waals surface area contributed by atoms with Crippen LogP contribution >= 0.6 is 15.9 Å². The normalized spacial score (nSPS) is 21.4. The molecule has 0 amide bonds. The first-order chi connectivity index (χ1) is 5.36.